The lowest BCUT2D eigenvalue weighted by Crippen LogP contribution is -2.43. The van der Waals surface area contributed by atoms with Crippen LogP contribution in [-0.4, -0.2) is 54.8 Å². The summed E-state index contributed by atoms with van der Waals surface area (Å²) < 4.78 is 10.1. The maximum absolute atomic E-state index is 12.6. The number of esters is 1. The number of hydrogen-bond acceptors (Lipinski definition) is 5. The van der Waals surface area contributed by atoms with Crippen molar-refractivity contribution in [1.82, 2.24) is 4.90 Å². The van der Waals surface area contributed by atoms with Crippen LogP contribution >= 0.6 is 0 Å². The predicted molar refractivity (Wildman–Crippen MR) is 110 cm³/mol. The number of carbonyl (C=O) groups is 3. The van der Waals surface area contributed by atoms with E-state index in [4.69, 9.17) is 4.74 Å². The molecule has 1 aliphatic carbocycles. The van der Waals surface area contributed by atoms with Gasteiger partial charge >= 0.3 is 18.0 Å². The lowest BCUT2D eigenvalue weighted by Gasteiger charge is -2.25. The summed E-state index contributed by atoms with van der Waals surface area (Å²) in [7, 11) is 2.68. The Morgan fingerprint density at radius 1 is 1.03 bits per heavy atom. The Balaban J connectivity index is 1.65. The van der Waals surface area contributed by atoms with E-state index in [1.807, 2.05) is 48.5 Å². The average Bonchev–Trinajstić information content (AvgIpc) is 3.08. The number of ether oxygens (including phenoxy) is 2. The van der Waals surface area contributed by atoms with Crippen LogP contribution in [0.25, 0.3) is 11.1 Å². The Labute approximate surface area is 175 Å². The van der Waals surface area contributed by atoms with Crippen LogP contribution in [0.2, 0.25) is 0 Å². The topological polar surface area (TPSA) is 93.1 Å². The Bertz CT molecular complexity index is 895. The molecule has 1 atom stereocenters. The van der Waals surface area contributed by atoms with Crippen molar-refractivity contribution in [3.8, 4) is 11.1 Å². The van der Waals surface area contributed by atoms with Gasteiger partial charge in [-0.3, -0.25) is 9.69 Å². The van der Waals surface area contributed by atoms with Crippen LogP contribution in [0, 0.1) is 0 Å². The second-order valence-corrected chi connectivity index (χ2v) is 7.24. The van der Waals surface area contributed by atoms with E-state index >= 15 is 0 Å². The van der Waals surface area contributed by atoms with E-state index in [1.54, 1.807) is 0 Å². The van der Waals surface area contributed by atoms with Crippen molar-refractivity contribution in [3.05, 3.63) is 59.7 Å². The maximum atomic E-state index is 12.6. The van der Waals surface area contributed by atoms with Crippen LogP contribution in [0.5, 0.6) is 0 Å². The molecule has 0 bridgehead atoms. The van der Waals surface area contributed by atoms with E-state index < -0.39 is 24.1 Å². The molecule has 1 aliphatic rings. The molecule has 0 radical (unpaired) electrons. The summed E-state index contributed by atoms with van der Waals surface area (Å²) in [5.74, 6) is -1.66. The molecule has 2 aromatic carbocycles. The van der Waals surface area contributed by atoms with E-state index in [2.05, 4.69) is 4.74 Å². The highest BCUT2D eigenvalue weighted by Crippen LogP contribution is 2.44. The number of amides is 1. The third kappa shape index (κ3) is 4.45. The number of benzene rings is 2. The van der Waals surface area contributed by atoms with Crippen LogP contribution in [0.1, 0.15) is 36.3 Å². The summed E-state index contributed by atoms with van der Waals surface area (Å²) in [5.41, 5.74) is 4.41. The van der Waals surface area contributed by atoms with Gasteiger partial charge in [-0.2, -0.15) is 0 Å². The molecule has 0 heterocycles. The van der Waals surface area contributed by atoms with Gasteiger partial charge in [0.05, 0.1) is 7.11 Å². The molecule has 0 aliphatic heterocycles. The smallest absolute Gasteiger partial charge is 0.410 e. The fraction of sp³-hybridized carbons (Fsp3) is 0.348. The molecule has 1 N–H and O–H groups in total. The molecule has 1 amide bonds. The van der Waals surface area contributed by atoms with Crippen molar-refractivity contribution >= 4 is 18.0 Å². The van der Waals surface area contributed by atoms with Gasteiger partial charge in [-0.1, -0.05) is 48.5 Å². The van der Waals surface area contributed by atoms with Gasteiger partial charge < -0.3 is 14.6 Å². The minimum atomic E-state index is -1.14. The lowest BCUT2D eigenvalue weighted by atomic mass is 9.98. The third-order valence-corrected chi connectivity index (χ3v) is 5.46. The predicted octanol–water partition coefficient (Wildman–Crippen LogP) is 3.66. The minimum absolute atomic E-state index is 0.0960. The first-order chi connectivity index (χ1) is 14.4. The molecule has 30 heavy (non-hydrogen) atoms. The molecule has 0 spiro atoms. The Kier molecular flexibility index (Phi) is 6.72. The SMILES string of the molecule is COC(=O)CCC[C@H](C(=O)O)N(C)C(=O)OCC1c2ccccc2-c2ccccc21. The van der Waals surface area contributed by atoms with Crippen molar-refractivity contribution in [2.75, 3.05) is 20.8 Å². The zero-order chi connectivity index (χ0) is 21.7. The molecule has 0 fully saturated rings. The fourth-order valence-electron chi connectivity index (χ4n) is 3.85. The molecule has 0 unspecified atom stereocenters. The van der Waals surface area contributed by atoms with E-state index in [1.165, 1.54) is 14.2 Å². The first-order valence-electron chi connectivity index (χ1n) is 9.81. The maximum Gasteiger partial charge on any atom is 0.410 e. The second-order valence-electron chi connectivity index (χ2n) is 7.24. The van der Waals surface area contributed by atoms with Gasteiger partial charge in [0.25, 0.3) is 0 Å². The van der Waals surface area contributed by atoms with Crippen molar-refractivity contribution in [3.63, 3.8) is 0 Å². The van der Waals surface area contributed by atoms with E-state index in [0.717, 1.165) is 27.2 Å². The third-order valence-electron chi connectivity index (χ3n) is 5.46. The minimum Gasteiger partial charge on any atom is -0.480 e. The molecular weight excluding hydrogens is 386 g/mol. The van der Waals surface area contributed by atoms with Crippen molar-refractivity contribution < 1.29 is 29.0 Å². The number of hydrogen-bond donors (Lipinski definition) is 1. The Hall–Kier alpha value is -3.35. The monoisotopic (exact) mass is 411 g/mol. The largest absolute Gasteiger partial charge is 0.480 e. The van der Waals surface area contributed by atoms with Crippen LogP contribution < -0.4 is 0 Å². The highest BCUT2D eigenvalue weighted by Gasteiger charge is 2.31. The van der Waals surface area contributed by atoms with Gasteiger partial charge in [0.2, 0.25) is 0 Å². The Morgan fingerprint density at radius 3 is 2.13 bits per heavy atom. The standard InChI is InChI=1S/C23H25NO6/c1-24(20(22(26)27)12-7-13-21(25)29-2)23(28)30-14-19-17-10-5-3-8-15(17)16-9-4-6-11-18(16)19/h3-6,8-11,19-20H,7,12-14H2,1-2H3,(H,26,27)/t20-/m1/s1. The van der Waals surface area contributed by atoms with Crippen LogP contribution in [0.3, 0.4) is 0 Å². The summed E-state index contributed by atoms with van der Waals surface area (Å²) in [6, 6.07) is 14.9. The quantitative estimate of drug-likeness (QED) is 0.667. The van der Waals surface area contributed by atoms with Crippen molar-refractivity contribution in [2.24, 2.45) is 0 Å². The molecule has 0 saturated heterocycles. The van der Waals surface area contributed by atoms with E-state index in [9.17, 15) is 19.5 Å². The normalized spacial score (nSPS) is 13.1. The number of rotatable bonds is 8. The first kappa shape index (κ1) is 21.4. The number of methoxy groups -OCH3 is 1. The van der Waals surface area contributed by atoms with Crippen molar-refractivity contribution in [1.29, 1.82) is 0 Å². The number of carbonyl (C=O) groups excluding carboxylic acids is 2. The molecule has 7 nitrogen and oxygen atoms in total. The zero-order valence-electron chi connectivity index (χ0n) is 17.0. The Morgan fingerprint density at radius 2 is 1.60 bits per heavy atom. The second kappa shape index (κ2) is 9.43. The van der Waals surface area contributed by atoms with Crippen LogP contribution in [0.4, 0.5) is 4.79 Å². The van der Waals surface area contributed by atoms with Crippen LogP contribution in [-0.2, 0) is 19.1 Å². The van der Waals surface area contributed by atoms with Crippen molar-refractivity contribution in [2.45, 2.75) is 31.2 Å². The number of aliphatic carboxylic acids is 1. The van der Waals surface area contributed by atoms with Gasteiger partial charge in [0.1, 0.15) is 12.6 Å². The van der Waals surface area contributed by atoms with Gasteiger partial charge in [-0.15, -0.1) is 0 Å². The molecule has 3 rings (SSSR count). The van der Waals surface area contributed by atoms with Gasteiger partial charge in [0.15, 0.2) is 0 Å². The molecule has 0 saturated carbocycles. The zero-order valence-corrected chi connectivity index (χ0v) is 17.0. The average molecular weight is 411 g/mol. The fourth-order valence-corrected chi connectivity index (χ4v) is 3.85. The molecule has 2 aromatic rings. The number of fused-ring (bicyclic) bond motifs is 3. The van der Waals surface area contributed by atoms with Gasteiger partial charge in [-0.25, -0.2) is 9.59 Å². The molecule has 7 heteroatoms. The van der Waals surface area contributed by atoms with Gasteiger partial charge in [-0.05, 0) is 35.1 Å². The molecular formula is C23H25NO6. The lowest BCUT2D eigenvalue weighted by molar-refractivity contribution is -0.144. The number of nitrogens with zero attached hydrogens (tertiary/aromatic N) is 1. The summed E-state index contributed by atoms with van der Waals surface area (Å²) in [6.45, 7) is 0.117. The number of likely N-dealkylation sites (N-methyl/N-ethyl adjacent to an activating group) is 1. The number of carboxylic acid groups (broad SMARTS) is 1. The van der Waals surface area contributed by atoms with E-state index in [0.29, 0.717) is 6.42 Å². The first-order valence-corrected chi connectivity index (χ1v) is 9.81. The molecule has 158 valence electrons. The summed E-state index contributed by atoms with van der Waals surface area (Å²) in [5, 5.41) is 9.49. The molecule has 0 aromatic heterocycles. The summed E-state index contributed by atoms with van der Waals surface area (Å²) in [4.78, 5) is 36.5. The van der Waals surface area contributed by atoms with E-state index in [-0.39, 0.29) is 25.4 Å². The van der Waals surface area contributed by atoms with Crippen LogP contribution in [0.15, 0.2) is 48.5 Å². The summed E-state index contributed by atoms with van der Waals surface area (Å²) in [6.07, 6.45) is -0.184. The van der Waals surface area contributed by atoms with Gasteiger partial charge in [0, 0.05) is 19.4 Å². The summed E-state index contributed by atoms with van der Waals surface area (Å²) >= 11 is 0. The highest BCUT2D eigenvalue weighted by molar-refractivity contribution is 5.81. The highest BCUT2D eigenvalue weighted by atomic mass is 16.6. The number of carboxylic acids is 1.